The van der Waals surface area contributed by atoms with Gasteiger partial charge in [-0.15, -0.1) is 0 Å². The fourth-order valence-electron chi connectivity index (χ4n) is 2.50. The summed E-state index contributed by atoms with van der Waals surface area (Å²) in [5.41, 5.74) is 0. The van der Waals surface area contributed by atoms with Crippen LogP contribution in [0.15, 0.2) is 0 Å². The lowest BCUT2D eigenvalue weighted by Crippen LogP contribution is -2.55. The zero-order valence-corrected chi connectivity index (χ0v) is 11.4. The largest absolute Gasteiger partial charge is 0.366 e. The number of morpholine rings is 1. The topological polar surface area (TPSA) is 44.8 Å². The molecule has 0 unspecified atom stereocenters. The average Bonchev–Trinajstić information content (AvgIpc) is 2.46. The minimum absolute atomic E-state index is 0.164. The molecule has 5 heteroatoms. The predicted molar refractivity (Wildman–Crippen MR) is 70.5 cm³/mol. The van der Waals surface area contributed by atoms with Crippen LogP contribution in [0, 0.1) is 0 Å². The first kappa shape index (κ1) is 13.8. The number of amides is 1. The van der Waals surface area contributed by atoms with Gasteiger partial charge in [0.25, 0.3) is 5.91 Å². The number of hydrogen-bond acceptors (Lipinski definition) is 4. The molecule has 5 nitrogen and oxygen atoms in total. The average molecular weight is 255 g/mol. The first-order valence-corrected chi connectivity index (χ1v) is 7.14. The molecule has 18 heavy (non-hydrogen) atoms. The Morgan fingerprint density at radius 1 is 1.33 bits per heavy atom. The van der Waals surface area contributed by atoms with Crippen molar-refractivity contribution in [3.05, 3.63) is 0 Å². The summed E-state index contributed by atoms with van der Waals surface area (Å²) in [6.07, 6.45) is 2.23. The van der Waals surface area contributed by atoms with Gasteiger partial charge in [0.2, 0.25) is 0 Å². The van der Waals surface area contributed by atoms with Crippen LogP contribution in [0.3, 0.4) is 0 Å². The van der Waals surface area contributed by atoms with Gasteiger partial charge < -0.3 is 15.0 Å². The molecule has 0 aromatic heterocycles. The molecular formula is C13H25N3O2. The van der Waals surface area contributed by atoms with Crippen molar-refractivity contribution in [3.63, 3.8) is 0 Å². The van der Waals surface area contributed by atoms with Gasteiger partial charge in [0.05, 0.1) is 6.61 Å². The van der Waals surface area contributed by atoms with Crippen molar-refractivity contribution in [1.29, 1.82) is 0 Å². The lowest BCUT2D eigenvalue weighted by atomic mass is 10.2. The lowest BCUT2D eigenvalue weighted by molar-refractivity contribution is -0.147. The molecule has 0 aromatic rings. The van der Waals surface area contributed by atoms with Crippen LogP contribution >= 0.6 is 0 Å². The van der Waals surface area contributed by atoms with E-state index in [1.807, 2.05) is 4.90 Å². The molecule has 2 aliphatic heterocycles. The fourth-order valence-corrected chi connectivity index (χ4v) is 2.50. The van der Waals surface area contributed by atoms with Gasteiger partial charge in [-0.1, -0.05) is 13.3 Å². The third kappa shape index (κ3) is 3.67. The SMILES string of the molecule is CCCCN1CCN(C(=O)[C@@H]2CNCCO2)CC1. The van der Waals surface area contributed by atoms with Gasteiger partial charge >= 0.3 is 0 Å². The summed E-state index contributed by atoms with van der Waals surface area (Å²) in [5, 5.41) is 3.21. The van der Waals surface area contributed by atoms with E-state index in [0.717, 1.165) is 32.7 Å². The Morgan fingerprint density at radius 2 is 2.11 bits per heavy atom. The van der Waals surface area contributed by atoms with E-state index < -0.39 is 0 Å². The molecule has 0 radical (unpaired) electrons. The Labute approximate surface area is 109 Å². The number of carbonyl (C=O) groups excluding carboxylic acids is 1. The summed E-state index contributed by atoms with van der Waals surface area (Å²) < 4.78 is 5.52. The highest BCUT2D eigenvalue weighted by Crippen LogP contribution is 2.08. The number of nitrogens with one attached hydrogen (secondary N) is 1. The Bertz CT molecular complexity index is 259. The van der Waals surface area contributed by atoms with Crippen LogP contribution in [0.5, 0.6) is 0 Å². The van der Waals surface area contributed by atoms with E-state index in [-0.39, 0.29) is 12.0 Å². The second kappa shape index (κ2) is 7.07. The molecule has 1 N–H and O–H groups in total. The van der Waals surface area contributed by atoms with Crippen LogP contribution in [-0.4, -0.2) is 74.2 Å². The number of ether oxygens (including phenoxy) is 1. The van der Waals surface area contributed by atoms with Crippen LogP contribution < -0.4 is 5.32 Å². The minimum Gasteiger partial charge on any atom is -0.366 e. The molecule has 0 aliphatic carbocycles. The van der Waals surface area contributed by atoms with Crippen LogP contribution in [0.1, 0.15) is 19.8 Å². The Morgan fingerprint density at radius 3 is 2.72 bits per heavy atom. The van der Waals surface area contributed by atoms with Gasteiger partial charge in [0, 0.05) is 39.3 Å². The number of nitrogens with zero attached hydrogens (tertiary/aromatic N) is 2. The van der Waals surface area contributed by atoms with Gasteiger partial charge in [-0.25, -0.2) is 0 Å². The number of unbranched alkanes of at least 4 members (excludes halogenated alkanes) is 1. The van der Waals surface area contributed by atoms with E-state index in [1.165, 1.54) is 19.4 Å². The van der Waals surface area contributed by atoms with Gasteiger partial charge in [0.15, 0.2) is 0 Å². The zero-order chi connectivity index (χ0) is 12.8. The molecule has 2 saturated heterocycles. The van der Waals surface area contributed by atoms with Crippen LogP contribution in [0.2, 0.25) is 0 Å². The van der Waals surface area contributed by atoms with E-state index >= 15 is 0 Å². The molecule has 2 aliphatic rings. The number of piperazine rings is 1. The smallest absolute Gasteiger partial charge is 0.253 e. The first-order valence-electron chi connectivity index (χ1n) is 7.14. The molecule has 0 bridgehead atoms. The molecule has 2 rings (SSSR count). The van der Waals surface area contributed by atoms with Gasteiger partial charge in [-0.2, -0.15) is 0 Å². The van der Waals surface area contributed by atoms with E-state index in [1.54, 1.807) is 0 Å². The molecule has 0 spiro atoms. The van der Waals surface area contributed by atoms with Crippen molar-refractivity contribution >= 4 is 5.91 Å². The molecule has 1 atom stereocenters. The molecule has 0 aromatic carbocycles. The van der Waals surface area contributed by atoms with Crippen LogP contribution in [-0.2, 0) is 9.53 Å². The number of hydrogen-bond donors (Lipinski definition) is 1. The number of rotatable bonds is 4. The van der Waals surface area contributed by atoms with Crippen molar-refractivity contribution in [1.82, 2.24) is 15.1 Å². The molecule has 2 heterocycles. The summed E-state index contributed by atoms with van der Waals surface area (Å²) in [5.74, 6) is 0.164. The maximum Gasteiger partial charge on any atom is 0.253 e. The van der Waals surface area contributed by atoms with Gasteiger partial charge in [0.1, 0.15) is 6.10 Å². The Hall–Kier alpha value is -0.650. The van der Waals surface area contributed by atoms with E-state index in [0.29, 0.717) is 13.2 Å². The molecule has 0 saturated carbocycles. The van der Waals surface area contributed by atoms with Crippen LogP contribution in [0.25, 0.3) is 0 Å². The van der Waals surface area contributed by atoms with E-state index in [2.05, 4.69) is 17.1 Å². The summed E-state index contributed by atoms with van der Waals surface area (Å²) in [7, 11) is 0. The van der Waals surface area contributed by atoms with Crippen molar-refractivity contribution in [2.45, 2.75) is 25.9 Å². The second-order valence-corrected chi connectivity index (χ2v) is 5.08. The molecule has 104 valence electrons. The zero-order valence-electron chi connectivity index (χ0n) is 11.4. The number of carbonyl (C=O) groups is 1. The standard InChI is InChI=1S/C13H25N3O2/c1-2-3-5-15-6-8-16(9-7-15)13(17)12-11-14-4-10-18-12/h12,14H,2-11H2,1H3/t12-/m0/s1. The van der Waals surface area contributed by atoms with Crippen molar-refractivity contribution in [3.8, 4) is 0 Å². The van der Waals surface area contributed by atoms with Crippen molar-refractivity contribution < 1.29 is 9.53 Å². The molecular weight excluding hydrogens is 230 g/mol. The second-order valence-electron chi connectivity index (χ2n) is 5.08. The van der Waals surface area contributed by atoms with Crippen molar-refractivity contribution in [2.24, 2.45) is 0 Å². The normalized spacial score (nSPS) is 26.3. The molecule has 1 amide bonds. The summed E-state index contributed by atoms with van der Waals surface area (Å²) >= 11 is 0. The molecule has 2 fully saturated rings. The van der Waals surface area contributed by atoms with Gasteiger partial charge in [-0.3, -0.25) is 9.69 Å². The maximum atomic E-state index is 12.2. The summed E-state index contributed by atoms with van der Waals surface area (Å²) in [4.78, 5) is 16.6. The van der Waals surface area contributed by atoms with E-state index in [9.17, 15) is 4.79 Å². The highest BCUT2D eigenvalue weighted by molar-refractivity contribution is 5.81. The Balaban J connectivity index is 1.73. The van der Waals surface area contributed by atoms with Crippen LogP contribution in [0.4, 0.5) is 0 Å². The fraction of sp³-hybridized carbons (Fsp3) is 0.923. The van der Waals surface area contributed by atoms with E-state index in [4.69, 9.17) is 4.74 Å². The minimum atomic E-state index is -0.263. The third-order valence-electron chi connectivity index (χ3n) is 3.71. The monoisotopic (exact) mass is 255 g/mol. The lowest BCUT2D eigenvalue weighted by Gasteiger charge is -2.37. The van der Waals surface area contributed by atoms with Gasteiger partial charge in [-0.05, 0) is 13.0 Å². The summed E-state index contributed by atoms with van der Waals surface area (Å²) in [6.45, 7) is 9.26. The highest BCUT2D eigenvalue weighted by Gasteiger charge is 2.28. The Kier molecular flexibility index (Phi) is 5.41. The summed E-state index contributed by atoms with van der Waals surface area (Å²) in [6, 6.07) is 0. The highest BCUT2D eigenvalue weighted by atomic mass is 16.5. The quantitative estimate of drug-likeness (QED) is 0.763. The van der Waals surface area contributed by atoms with Crippen molar-refractivity contribution in [2.75, 3.05) is 52.4 Å². The first-order chi connectivity index (χ1) is 8.81. The maximum absolute atomic E-state index is 12.2. The predicted octanol–water partition coefficient (Wildman–Crippen LogP) is -0.0809. The third-order valence-corrected chi connectivity index (χ3v) is 3.71.